The minimum atomic E-state index is -0.444. The molecule has 6 nitrogen and oxygen atoms in total. The third kappa shape index (κ3) is 3.85. The molecule has 8 heteroatoms. The molecule has 3 aromatic heterocycles. The van der Waals surface area contributed by atoms with Gasteiger partial charge in [-0.3, -0.25) is 0 Å². The summed E-state index contributed by atoms with van der Waals surface area (Å²) in [6.07, 6.45) is 0. The first-order valence-corrected chi connectivity index (χ1v) is 9.62. The Hall–Kier alpha value is -2.90. The molecule has 4 aromatic rings. The number of thiophene rings is 1. The first kappa shape index (κ1) is 18.5. The highest BCUT2D eigenvalue weighted by molar-refractivity contribution is 7.17. The Bertz CT molecular complexity index is 1130. The average Bonchev–Trinajstić information content (AvgIpc) is 3.40. The Morgan fingerprint density at radius 3 is 2.61 bits per heavy atom. The van der Waals surface area contributed by atoms with Crippen LogP contribution in [0.1, 0.15) is 27.1 Å². The Morgan fingerprint density at radius 1 is 1.11 bits per heavy atom. The molecule has 4 rings (SSSR count). The molecule has 142 valence electrons. The van der Waals surface area contributed by atoms with Crippen molar-refractivity contribution < 1.29 is 18.4 Å². The number of rotatable bonds is 5. The van der Waals surface area contributed by atoms with Crippen LogP contribution in [0.2, 0.25) is 5.02 Å². The van der Waals surface area contributed by atoms with E-state index in [2.05, 4.69) is 10.2 Å². The molecule has 0 amide bonds. The van der Waals surface area contributed by atoms with Gasteiger partial charge in [0.1, 0.15) is 16.4 Å². The highest BCUT2D eigenvalue weighted by Crippen LogP contribution is 2.30. The fourth-order valence-electron chi connectivity index (χ4n) is 2.68. The van der Waals surface area contributed by atoms with E-state index in [1.54, 1.807) is 6.07 Å². The van der Waals surface area contributed by atoms with Crippen molar-refractivity contribution in [1.29, 1.82) is 0 Å². The lowest BCUT2D eigenvalue weighted by atomic mass is 10.2. The summed E-state index contributed by atoms with van der Waals surface area (Å²) in [6, 6.07) is 12.9. The molecule has 0 fully saturated rings. The number of esters is 1. The van der Waals surface area contributed by atoms with Crippen LogP contribution in [0, 0.1) is 13.8 Å². The SMILES string of the molecule is Cc1cc(-c2nnc(COC(=O)c3ccc(-c4ccc(Cl)cc4)s3)o2)c(C)o1. The Morgan fingerprint density at radius 2 is 1.89 bits per heavy atom. The second-order valence-corrected chi connectivity index (χ2v) is 7.59. The van der Waals surface area contributed by atoms with Gasteiger partial charge in [-0.15, -0.1) is 21.5 Å². The van der Waals surface area contributed by atoms with Crippen molar-refractivity contribution in [3.63, 3.8) is 0 Å². The zero-order valence-electron chi connectivity index (χ0n) is 15.1. The summed E-state index contributed by atoms with van der Waals surface area (Å²) in [5, 5.41) is 8.58. The number of carbonyl (C=O) groups is 1. The molecule has 0 aliphatic carbocycles. The first-order valence-electron chi connectivity index (χ1n) is 8.42. The van der Waals surface area contributed by atoms with E-state index in [0.29, 0.717) is 21.6 Å². The molecule has 0 bridgehead atoms. The van der Waals surface area contributed by atoms with E-state index in [1.165, 1.54) is 11.3 Å². The molecular weight excluding hydrogens is 400 g/mol. The van der Waals surface area contributed by atoms with Crippen molar-refractivity contribution in [3.05, 3.63) is 69.8 Å². The number of aromatic nitrogens is 2. The molecule has 0 radical (unpaired) electrons. The molecule has 0 saturated heterocycles. The van der Waals surface area contributed by atoms with Crippen LogP contribution in [0.5, 0.6) is 0 Å². The van der Waals surface area contributed by atoms with Crippen LogP contribution in [0.4, 0.5) is 0 Å². The zero-order chi connectivity index (χ0) is 19.7. The maximum atomic E-state index is 12.3. The van der Waals surface area contributed by atoms with Gasteiger partial charge in [0.15, 0.2) is 6.61 Å². The van der Waals surface area contributed by atoms with Gasteiger partial charge in [-0.05, 0) is 49.7 Å². The molecule has 0 saturated carbocycles. The number of benzene rings is 1. The Labute approximate surface area is 169 Å². The van der Waals surface area contributed by atoms with Crippen molar-refractivity contribution in [3.8, 4) is 21.9 Å². The summed E-state index contributed by atoms with van der Waals surface area (Å²) < 4.78 is 16.3. The number of furan rings is 1. The van der Waals surface area contributed by atoms with Crippen molar-refractivity contribution in [1.82, 2.24) is 10.2 Å². The van der Waals surface area contributed by atoms with E-state index < -0.39 is 5.97 Å². The third-order valence-corrected chi connectivity index (χ3v) is 5.37. The van der Waals surface area contributed by atoms with E-state index in [-0.39, 0.29) is 12.5 Å². The van der Waals surface area contributed by atoms with Crippen LogP contribution in [0.3, 0.4) is 0 Å². The van der Waals surface area contributed by atoms with Gasteiger partial charge in [0.05, 0.1) is 5.56 Å². The van der Waals surface area contributed by atoms with Crippen molar-refractivity contribution >= 4 is 28.9 Å². The molecule has 0 atom stereocenters. The van der Waals surface area contributed by atoms with Gasteiger partial charge in [-0.2, -0.15) is 0 Å². The van der Waals surface area contributed by atoms with Gasteiger partial charge in [-0.25, -0.2) is 4.79 Å². The van der Waals surface area contributed by atoms with Gasteiger partial charge < -0.3 is 13.6 Å². The monoisotopic (exact) mass is 414 g/mol. The minimum absolute atomic E-state index is 0.101. The molecule has 0 unspecified atom stereocenters. The van der Waals surface area contributed by atoms with E-state index >= 15 is 0 Å². The Balaban J connectivity index is 1.41. The Kier molecular flexibility index (Phi) is 5.02. The number of halogens is 1. The number of hydrogen-bond donors (Lipinski definition) is 0. The number of ether oxygens (including phenoxy) is 1. The lowest BCUT2D eigenvalue weighted by Crippen LogP contribution is -2.03. The lowest BCUT2D eigenvalue weighted by molar-refractivity contribution is 0.0444. The van der Waals surface area contributed by atoms with Crippen molar-refractivity contribution in [2.75, 3.05) is 0 Å². The second kappa shape index (κ2) is 7.61. The van der Waals surface area contributed by atoms with Crippen LogP contribution in [-0.4, -0.2) is 16.2 Å². The lowest BCUT2D eigenvalue weighted by Gasteiger charge is -1.99. The fourth-order valence-corrected chi connectivity index (χ4v) is 3.71. The minimum Gasteiger partial charge on any atom is -0.466 e. The summed E-state index contributed by atoms with van der Waals surface area (Å²) in [4.78, 5) is 13.8. The largest absolute Gasteiger partial charge is 0.466 e. The van der Waals surface area contributed by atoms with Crippen LogP contribution in [0.15, 0.2) is 51.3 Å². The molecule has 0 aliphatic heterocycles. The van der Waals surface area contributed by atoms with Gasteiger partial charge in [0.2, 0.25) is 0 Å². The van der Waals surface area contributed by atoms with Gasteiger partial charge >= 0.3 is 5.97 Å². The predicted molar refractivity (Wildman–Crippen MR) is 105 cm³/mol. The fraction of sp³-hybridized carbons (Fsp3) is 0.150. The average molecular weight is 415 g/mol. The molecule has 0 spiro atoms. The quantitative estimate of drug-likeness (QED) is 0.390. The summed E-state index contributed by atoms with van der Waals surface area (Å²) in [6.45, 7) is 3.56. The normalized spacial score (nSPS) is 11.0. The van der Waals surface area contributed by atoms with Crippen molar-refractivity contribution in [2.24, 2.45) is 0 Å². The summed E-state index contributed by atoms with van der Waals surface area (Å²) in [7, 11) is 0. The van der Waals surface area contributed by atoms with Crippen LogP contribution in [0.25, 0.3) is 21.9 Å². The van der Waals surface area contributed by atoms with Crippen LogP contribution < -0.4 is 0 Å². The maximum Gasteiger partial charge on any atom is 0.348 e. The molecule has 28 heavy (non-hydrogen) atoms. The highest BCUT2D eigenvalue weighted by Gasteiger charge is 2.17. The predicted octanol–water partition coefficient (Wildman–Crippen LogP) is 5.69. The number of nitrogens with zero attached hydrogens (tertiary/aromatic N) is 2. The summed E-state index contributed by atoms with van der Waals surface area (Å²) in [5.41, 5.74) is 1.72. The maximum absolute atomic E-state index is 12.3. The van der Waals surface area contributed by atoms with E-state index in [0.717, 1.165) is 21.8 Å². The van der Waals surface area contributed by atoms with Crippen LogP contribution >= 0.6 is 22.9 Å². The van der Waals surface area contributed by atoms with Crippen molar-refractivity contribution in [2.45, 2.75) is 20.5 Å². The second-order valence-electron chi connectivity index (χ2n) is 6.07. The molecular formula is C20H15ClN2O4S. The van der Waals surface area contributed by atoms with Crippen LogP contribution in [-0.2, 0) is 11.3 Å². The number of hydrogen-bond acceptors (Lipinski definition) is 7. The molecule has 3 heterocycles. The topological polar surface area (TPSA) is 78.4 Å². The summed E-state index contributed by atoms with van der Waals surface area (Å²) in [5.74, 6) is 1.56. The summed E-state index contributed by atoms with van der Waals surface area (Å²) >= 11 is 7.25. The number of carbonyl (C=O) groups excluding carboxylic acids is 1. The molecule has 0 N–H and O–H groups in total. The van der Waals surface area contributed by atoms with E-state index in [4.69, 9.17) is 25.2 Å². The van der Waals surface area contributed by atoms with E-state index in [9.17, 15) is 4.79 Å². The van der Waals surface area contributed by atoms with Gasteiger partial charge in [0, 0.05) is 9.90 Å². The first-order chi connectivity index (χ1) is 13.5. The molecule has 1 aromatic carbocycles. The number of aryl methyl sites for hydroxylation is 2. The standard InChI is InChI=1S/C20H15ClN2O4S/c1-11-9-15(12(2)26-11)19-23-22-18(27-19)10-25-20(24)17-8-7-16(28-17)13-3-5-14(21)6-4-13/h3-9H,10H2,1-2H3. The highest BCUT2D eigenvalue weighted by atomic mass is 35.5. The van der Waals surface area contributed by atoms with Gasteiger partial charge in [-0.1, -0.05) is 23.7 Å². The smallest absolute Gasteiger partial charge is 0.348 e. The third-order valence-electron chi connectivity index (χ3n) is 4.00. The molecule has 0 aliphatic rings. The van der Waals surface area contributed by atoms with Gasteiger partial charge in [0.25, 0.3) is 11.8 Å². The van der Waals surface area contributed by atoms with E-state index in [1.807, 2.05) is 50.2 Å². The zero-order valence-corrected chi connectivity index (χ0v) is 16.6.